The second-order valence-electron chi connectivity index (χ2n) is 6.50. The van der Waals surface area contributed by atoms with Crippen molar-refractivity contribution in [3.05, 3.63) is 84.4 Å². The molecule has 0 unspecified atom stereocenters. The molecule has 2 aromatic carbocycles. The number of furan rings is 1. The van der Waals surface area contributed by atoms with Gasteiger partial charge in [0.1, 0.15) is 29.1 Å². The number of aliphatic hydroxyl groups is 1. The summed E-state index contributed by atoms with van der Waals surface area (Å²) in [6, 6.07) is 13.7. The topological polar surface area (TPSA) is 50.7 Å². The first-order valence-electron chi connectivity index (χ1n) is 8.69. The van der Waals surface area contributed by atoms with Crippen LogP contribution in [-0.4, -0.2) is 14.5 Å². The number of nitrogens with zero attached hydrogens (tertiary/aromatic N) is 2. The summed E-state index contributed by atoms with van der Waals surface area (Å²) in [6.45, 7) is -0.698. The van der Waals surface area contributed by atoms with Gasteiger partial charge in [-0.25, -0.2) is 13.8 Å². The van der Waals surface area contributed by atoms with Crippen molar-refractivity contribution in [2.24, 2.45) is 0 Å². The van der Waals surface area contributed by atoms with Crippen LogP contribution in [0.3, 0.4) is 0 Å². The summed E-state index contributed by atoms with van der Waals surface area (Å²) in [7, 11) is 0. The van der Waals surface area contributed by atoms with Crippen molar-refractivity contribution >= 4 is 16.6 Å². The zero-order valence-corrected chi connectivity index (χ0v) is 14.6. The van der Waals surface area contributed by atoms with Gasteiger partial charge >= 0.3 is 0 Å². The van der Waals surface area contributed by atoms with E-state index >= 15 is 0 Å². The third-order valence-corrected chi connectivity index (χ3v) is 4.86. The van der Waals surface area contributed by atoms with Crippen molar-refractivity contribution < 1.29 is 18.3 Å². The van der Waals surface area contributed by atoms with E-state index in [2.05, 4.69) is 4.98 Å². The number of imidazole rings is 1. The first kappa shape index (κ1) is 16.6. The Balaban J connectivity index is 1.64. The van der Waals surface area contributed by atoms with Crippen LogP contribution >= 0.6 is 0 Å². The molecular weight excluding hydrogens is 362 g/mol. The minimum absolute atomic E-state index is 0.219. The highest BCUT2D eigenvalue weighted by Crippen LogP contribution is 2.31. The van der Waals surface area contributed by atoms with Crippen LogP contribution in [0.5, 0.6) is 0 Å². The molecule has 138 valence electrons. The number of hydrogen-bond donors (Lipinski definition) is 1. The van der Waals surface area contributed by atoms with Gasteiger partial charge in [0.05, 0.1) is 12.3 Å². The first-order chi connectivity index (χ1) is 13.7. The van der Waals surface area contributed by atoms with Crippen LogP contribution in [0.2, 0.25) is 0 Å². The van der Waals surface area contributed by atoms with E-state index in [0.29, 0.717) is 11.2 Å². The summed E-state index contributed by atoms with van der Waals surface area (Å²) in [6.07, 6.45) is 5.23. The predicted molar refractivity (Wildman–Crippen MR) is 102 cm³/mol. The van der Waals surface area contributed by atoms with Crippen LogP contribution in [-0.2, 0) is 6.61 Å². The highest BCUT2D eigenvalue weighted by atomic mass is 19.1. The summed E-state index contributed by atoms with van der Waals surface area (Å²) in [5, 5.41) is 10.2. The van der Waals surface area contributed by atoms with E-state index in [9.17, 15) is 13.9 Å². The molecule has 0 aliphatic heterocycles. The molecule has 4 nitrogen and oxygen atoms in total. The molecule has 0 radical (unpaired) electrons. The van der Waals surface area contributed by atoms with Crippen LogP contribution < -0.4 is 0 Å². The highest BCUT2D eigenvalue weighted by Gasteiger charge is 2.16. The number of fused-ring (bicyclic) bond motifs is 2. The van der Waals surface area contributed by atoms with Crippen molar-refractivity contribution in [3.8, 4) is 22.4 Å². The third-order valence-electron chi connectivity index (χ3n) is 4.86. The molecule has 0 fully saturated rings. The number of aliphatic hydroxyl groups excluding tert-OH is 1. The summed E-state index contributed by atoms with van der Waals surface area (Å²) in [5.41, 5.74) is 3.51. The van der Waals surface area contributed by atoms with Gasteiger partial charge in [-0.2, -0.15) is 0 Å². The molecular formula is C22H14F2N2O2. The number of benzene rings is 2. The predicted octanol–water partition coefficient (Wildman–Crippen LogP) is 5.19. The largest absolute Gasteiger partial charge is 0.464 e. The average Bonchev–Trinajstić information content (AvgIpc) is 3.31. The number of hydrogen-bond acceptors (Lipinski definition) is 3. The van der Waals surface area contributed by atoms with Gasteiger partial charge in [-0.3, -0.25) is 0 Å². The fourth-order valence-corrected chi connectivity index (χ4v) is 3.42. The minimum Gasteiger partial charge on any atom is -0.464 e. The first-order valence-corrected chi connectivity index (χ1v) is 8.69. The number of halogens is 2. The molecule has 1 N–H and O–H groups in total. The molecule has 5 rings (SSSR count). The van der Waals surface area contributed by atoms with Crippen molar-refractivity contribution in [1.82, 2.24) is 9.38 Å². The fraction of sp³-hybridized carbons (Fsp3) is 0.0455. The minimum atomic E-state index is -0.762. The highest BCUT2D eigenvalue weighted by molar-refractivity contribution is 5.93. The molecule has 3 aromatic heterocycles. The molecule has 0 spiro atoms. The van der Waals surface area contributed by atoms with E-state index in [1.54, 1.807) is 29.0 Å². The van der Waals surface area contributed by atoms with Crippen LogP contribution in [0.1, 0.15) is 5.56 Å². The molecule has 0 aliphatic carbocycles. The van der Waals surface area contributed by atoms with E-state index in [1.807, 2.05) is 30.5 Å². The smallest absolute Gasteiger partial charge is 0.139 e. The maximum Gasteiger partial charge on any atom is 0.139 e. The molecule has 5 aromatic rings. The van der Waals surface area contributed by atoms with Gasteiger partial charge in [-0.1, -0.05) is 18.2 Å². The van der Waals surface area contributed by atoms with Gasteiger partial charge in [-0.15, -0.1) is 0 Å². The number of para-hydroxylation sites is 1. The molecule has 0 saturated carbocycles. The lowest BCUT2D eigenvalue weighted by molar-refractivity contribution is 0.269. The van der Waals surface area contributed by atoms with Crippen LogP contribution in [0, 0.1) is 11.6 Å². The summed E-state index contributed by atoms with van der Waals surface area (Å²) >= 11 is 0. The molecule has 0 saturated heterocycles. The van der Waals surface area contributed by atoms with Gasteiger partial charge in [0, 0.05) is 40.0 Å². The molecule has 3 heterocycles. The molecule has 6 heteroatoms. The van der Waals surface area contributed by atoms with Crippen molar-refractivity contribution in [2.45, 2.75) is 6.61 Å². The Hall–Kier alpha value is -3.51. The Morgan fingerprint density at radius 1 is 0.964 bits per heavy atom. The summed E-state index contributed by atoms with van der Waals surface area (Å²) < 4.78 is 35.6. The second-order valence-corrected chi connectivity index (χ2v) is 6.50. The van der Waals surface area contributed by atoms with Gasteiger partial charge < -0.3 is 13.9 Å². The Labute approximate surface area is 158 Å². The SMILES string of the molecule is OCc1c(F)ccc(-c2ccc3nc(-c4coc5ccccc45)cn3c2)c1F. The fourth-order valence-electron chi connectivity index (χ4n) is 3.42. The van der Waals surface area contributed by atoms with Crippen LogP contribution in [0.15, 0.2) is 71.6 Å². The summed E-state index contributed by atoms with van der Waals surface area (Å²) in [4.78, 5) is 4.62. The van der Waals surface area contributed by atoms with E-state index in [4.69, 9.17) is 4.42 Å². The maximum absolute atomic E-state index is 14.6. The lowest BCUT2D eigenvalue weighted by Crippen LogP contribution is -1.98. The van der Waals surface area contributed by atoms with Crippen molar-refractivity contribution in [2.75, 3.05) is 0 Å². The number of rotatable bonds is 3. The van der Waals surface area contributed by atoms with Crippen molar-refractivity contribution in [3.63, 3.8) is 0 Å². The standard InChI is InChI=1S/C22H14F2N2O2/c23-18-7-6-14(22(24)16(18)11-27)13-5-8-21-25-19(10-26(21)9-13)17-12-28-20-4-2-1-3-15(17)20/h1-10,12,27H,11H2. The lowest BCUT2D eigenvalue weighted by atomic mass is 10.0. The quantitative estimate of drug-likeness (QED) is 0.472. The normalized spacial score (nSPS) is 11.5. The number of pyridine rings is 1. The maximum atomic E-state index is 14.6. The Kier molecular flexibility index (Phi) is 3.74. The second kappa shape index (κ2) is 6.28. The number of aromatic nitrogens is 2. The molecule has 0 aliphatic rings. The van der Waals surface area contributed by atoms with Gasteiger partial charge in [-0.05, 0) is 30.3 Å². The van der Waals surface area contributed by atoms with E-state index in [-0.39, 0.29) is 11.1 Å². The Bertz CT molecular complexity index is 1340. The Morgan fingerprint density at radius 2 is 1.82 bits per heavy atom. The monoisotopic (exact) mass is 376 g/mol. The van der Waals surface area contributed by atoms with E-state index < -0.39 is 18.2 Å². The zero-order chi connectivity index (χ0) is 19.3. The van der Waals surface area contributed by atoms with Crippen LogP contribution in [0.4, 0.5) is 8.78 Å². The van der Waals surface area contributed by atoms with E-state index in [1.165, 1.54) is 6.07 Å². The Morgan fingerprint density at radius 3 is 2.68 bits per heavy atom. The summed E-state index contributed by atoms with van der Waals surface area (Å²) in [5.74, 6) is -1.52. The zero-order valence-electron chi connectivity index (χ0n) is 14.6. The molecule has 28 heavy (non-hydrogen) atoms. The lowest BCUT2D eigenvalue weighted by Gasteiger charge is -2.08. The molecule has 0 atom stereocenters. The van der Waals surface area contributed by atoms with Crippen molar-refractivity contribution in [1.29, 1.82) is 0 Å². The van der Waals surface area contributed by atoms with Crippen LogP contribution in [0.25, 0.3) is 39.0 Å². The molecule has 0 amide bonds. The van der Waals surface area contributed by atoms with E-state index in [0.717, 1.165) is 28.3 Å². The molecule has 0 bridgehead atoms. The van der Waals surface area contributed by atoms with Gasteiger partial charge in [0.2, 0.25) is 0 Å². The third kappa shape index (κ3) is 2.50. The van der Waals surface area contributed by atoms with Gasteiger partial charge in [0.15, 0.2) is 0 Å². The average molecular weight is 376 g/mol. The van der Waals surface area contributed by atoms with Gasteiger partial charge in [0.25, 0.3) is 0 Å².